The Bertz CT molecular complexity index is 1220. The molecule has 0 bridgehead atoms. The van der Waals surface area contributed by atoms with Gasteiger partial charge in [-0.15, -0.1) is 0 Å². The highest BCUT2D eigenvalue weighted by Gasteiger charge is 2.22. The number of fused-ring (bicyclic) bond motifs is 1. The zero-order chi connectivity index (χ0) is 19.1. The van der Waals surface area contributed by atoms with Gasteiger partial charge in [0.05, 0.1) is 26.8 Å². The van der Waals surface area contributed by atoms with Gasteiger partial charge < -0.3 is 5.73 Å². The Morgan fingerprint density at radius 1 is 1.07 bits per heavy atom. The summed E-state index contributed by atoms with van der Waals surface area (Å²) in [7, 11) is 0. The predicted molar refractivity (Wildman–Crippen MR) is 108 cm³/mol. The van der Waals surface area contributed by atoms with Crippen LogP contribution < -0.4 is 5.73 Å². The van der Waals surface area contributed by atoms with Gasteiger partial charge in [0.2, 0.25) is 0 Å². The summed E-state index contributed by atoms with van der Waals surface area (Å²) in [6.07, 6.45) is 0. The van der Waals surface area contributed by atoms with Crippen molar-refractivity contribution in [1.29, 1.82) is 5.26 Å². The van der Waals surface area contributed by atoms with E-state index >= 15 is 0 Å². The molecule has 0 saturated carbocycles. The van der Waals surface area contributed by atoms with Crippen molar-refractivity contribution in [3.8, 4) is 22.9 Å². The quantitative estimate of drug-likeness (QED) is 0.510. The van der Waals surface area contributed by atoms with E-state index in [-0.39, 0.29) is 11.4 Å². The first kappa shape index (κ1) is 17.3. The van der Waals surface area contributed by atoms with Crippen LogP contribution in [0.1, 0.15) is 11.3 Å². The van der Waals surface area contributed by atoms with Crippen molar-refractivity contribution < 1.29 is 0 Å². The van der Waals surface area contributed by atoms with Gasteiger partial charge >= 0.3 is 0 Å². The van der Waals surface area contributed by atoms with Gasteiger partial charge in [0.25, 0.3) is 0 Å². The van der Waals surface area contributed by atoms with E-state index in [0.29, 0.717) is 21.3 Å². The van der Waals surface area contributed by atoms with E-state index in [9.17, 15) is 5.26 Å². The number of pyridine rings is 1. The summed E-state index contributed by atoms with van der Waals surface area (Å²) >= 11 is 12.3. The number of benzene rings is 2. The van der Waals surface area contributed by atoms with Gasteiger partial charge in [-0.25, -0.2) is 9.67 Å². The molecule has 0 aliphatic heterocycles. The van der Waals surface area contributed by atoms with Crippen molar-refractivity contribution >= 4 is 40.1 Å². The van der Waals surface area contributed by atoms with Crippen LogP contribution in [0.25, 0.3) is 27.8 Å². The minimum Gasteiger partial charge on any atom is -0.383 e. The molecule has 7 heteroatoms. The first-order chi connectivity index (χ1) is 13.0. The number of aryl methyl sites for hydroxylation is 1. The van der Waals surface area contributed by atoms with Gasteiger partial charge in [0, 0.05) is 5.56 Å². The molecular weight excluding hydrogens is 381 g/mol. The first-order valence-electron chi connectivity index (χ1n) is 8.11. The average Bonchev–Trinajstić information content (AvgIpc) is 2.99. The number of hydrogen-bond donors (Lipinski definition) is 1. The number of nitrogens with zero attached hydrogens (tertiary/aromatic N) is 4. The molecule has 27 heavy (non-hydrogen) atoms. The summed E-state index contributed by atoms with van der Waals surface area (Å²) in [5.74, 6) is 0.142. The average molecular weight is 394 g/mol. The van der Waals surface area contributed by atoms with Crippen LogP contribution in [0.5, 0.6) is 0 Å². The van der Waals surface area contributed by atoms with Crippen LogP contribution in [0, 0.1) is 18.3 Å². The fraction of sp³-hybridized carbons (Fsp3) is 0.0500. The van der Waals surface area contributed by atoms with Crippen LogP contribution in [0.4, 0.5) is 5.82 Å². The molecule has 0 spiro atoms. The molecule has 2 aromatic heterocycles. The lowest BCUT2D eigenvalue weighted by Gasteiger charge is -2.11. The molecule has 2 heterocycles. The number of nitriles is 1. The summed E-state index contributed by atoms with van der Waals surface area (Å²) in [5, 5.41) is 15.9. The molecule has 4 rings (SSSR count). The van der Waals surface area contributed by atoms with E-state index in [1.807, 2.05) is 43.3 Å². The maximum absolute atomic E-state index is 9.70. The maximum Gasteiger partial charge on any atom is 0.166 e. The minimum atomic E-state index is 0.142. The second-order valence-corrected chi connectivity index (χ2v) is 6.83. The third kappa shape index (κ3) is 2.80. The molecule has 0 amide bonds. The molecule has 0 aliphatic carbocycles. The third-order valence-electron chi connectivity index (χ3n) is 4.34. The van der Waals surface area contributed by atoms with Gasteiger partial charge in [-0.2, -0.15) is 10.4 Å². The van der Waals surface area contributed by atoms with Crippen molar-refractivity contribution in [1.82, 2.24) is 14.8 Å². The molecule has 0 fully saturated rings. The molecule has 0 unspecified atom stereocenters. The summed E-state index contributed by atoms with van der Waals surface area (Å²) in [6.45, 7) is 1.88. The number of anilines is 1. The van der Waals surface area contributed by atoms with Crippen LogP contribution >= 0.6 is 23.2 Å². The molecule has 2 N–H and O–H groups in total. The smallest absolute Gasteiger partial charge is 0.166 e. The normalized spacial score (nSPS) is 10.9. The monoisotopic (exact) mass is 393 g/mol. The number of para-hydroxylation sites is 1. The Morgan fingerprint density at radius 3 is 2.48 bits per heavy atom. The topological polar surface area (TPSA) is 80.5 Å². The first-order valence-corrected chi connectivity index (χ1v) is 8.86. The van der Waals surface area contributed by atoms with E-state index in [1.54, 1.807) is 16.8 Å². The second-order valence-electron chi connectivity index (χ2n) is 6.02. The molecule has 5 nitrogen and oxygen atoms in total. The van der Waals surface area contributed by atoms with Crippen LogP contribution in [0.3, 0.4) is 0 Å². The molecule has 0 aliphatic rings. The van der Waals surface area contributed by atoms with Gasteiger partial charge in [0.1, 0.15) is 17.5 Å². The number of nitrogens with two attached hydrogens (primary N) is 1. The Labute approximate surface area is 165 Å². The van der Waals surface area contributed by atoms with Gasteiger partial charge in [-0.05, 0) is 36.8 Å². The highest BCUT2D eigenvalue weighted by Crippen LogP contribution is 2.38. The standard InChI is InChI=1S/C20H13Cl2N5/c1-11-17-18(12-7-8-15(21)16(22)9-12)14(10-23)19(24)25-20(17)27(26-11)13-5-3-2-4-6-13/h2-9H,1H3,(H2,24,25). The van der Waals surface area contributed by atoms with Crippen LogP contribution in [0.15, 0.2) is 48.5 Å². The van der Waals surface area contributed by atoms with E-state index in [1.165, 1.54) is 0 Å². The predicted octanol–water partition coefficient (Wildman–Crippen LogP) is 5.16. The van der Waals surface area contributed by atoms with Crippen molar-refractivity contribution in [3.05, 3.63) is 69.8 Å². The van der Waals surface area contributed by atoms with Gasteiger partial charge in [-0.3, -0.25) is 0 Å². The second kappa shape index (κ2) is 6.58. The lowest BCUT2D eigenvalue weighted by molar-refractivity contribution is 0.878. The number of halogens is 2. The molecule has 132 valence electrons. The van der Waals surface area contributed by atoms with Crippen LogP contribution in [-0.2, 0) is 0 Å². The lowest BCUT2D eigenvalue weighted by atomic mass is 9.97. The van der Waals surface area contributed by atoms with Gasteiger partial charge in [-0.1, -0.05) is 47.5 Å². The molecule has 0 atom stereocenters. The summed E-state index contributed by atoms with van der Waals surface area (Å²) < 4.78 is 1.73. The van der Waals surface area contributed by atoms with Crippen LogP contribution in [0.2, 0.25) is 10.0 Å². The molecule has 4 aromatic rings. The summed E-state index contributed by atoms with van der Waals surface area (Å²) in [4.78, 5) is 4.47. The van der Waals surface area contributed by atoms with Gasteiger partial charge in [0.15, 0.2) is 5.65 Å². The highest BCUT2D eigenvalue weighted by atomic mass is 35.5. The Morgan fingerprint density at radius 2 is 1.81 bits per heavy atom. The van der Waals surface area contributed by atoms with Crippen molar-refractivity contribution in [3.63, 3.8) is 0 Å². The molecule has 0 radical (unpaired) electrons. The number of hydrogen-bond acceptors (Lipinski definition) is 4. The zero-order valence-electron chi connectivity index (χ0n) is 14.2. The Kier molecular flexibility index (Phi) is 4.23. The Balaban J connectivity index is 2.13. The fourth-order valence-electron chi connectivity index (χ4n) is 3.14. The SMILES string of the molecule is Cc1nn(-c2ccccc2)c2nc(N)c(C#N)c(-c3ccc(Cl)c(Cl)c3)c12. The van der Waals surface area contributed by atoms with E-state index in [2.05, 4.69) is 16.2 Å². The highest BCUT2D eigenvalue weighted by molar-refractivity contribution is 6.42. The largest absolute Gasteiger partial charge is 0.383 e. The summed E-state index contributed by atoms with van der Waals surface area (Å²) in [6, 6.07) is 17.0. The summed E-state index contributed by atoms with van der Waals surface area (Å²) in [5.41, 5.74) is 9.97. The fourth-order valence-corrected chi connectivity index (χ4v) is 3.43. The van der Waals surface area contributed by atoms with E-state index in [0.717, 1.165) is 22.3 Å². The minimum absolute atomic E-state index is 0.142. The Hall–Kier alpha value is -3.07. The van der Waals surface area contributed by atoms with E-state index < -0.39 is 0 Å². The number of aromatic nitrogens is 3. The zero-order valence-corrected chi connectivity index (χ0v) is 15.8. The maximum atomic E-state index is 9.70. The lowest BCUT2D eigenvalue weighted by Crippen LogP contribution is -2.02. The third-order valence-corrected chi connectivity index (χ3v) is 5.08. The molecular formula is C20H13Cl2N5. The number of rotatable bonds is 2. The molecule has 0 saturated heterocycles. The number of nitrogen functional groups attached to an aromatic ring is 1. The molecule has 2 aromatic carbocycles. The van der Waals surface area contributed by atoms with Crippen molar-refractivity contribution in [2.24, 2.45) is 0 Å². The van der Waals surface area contributed by atoms with Crippen molar-refractivity contribution in [2.45, 2.75) is 6.92 Å². The van der Waals surface area contributed by atoms with Crippen molar-refractivity contribution in [2.75, 3.05) is 5.73 Å². The van der Waals surface area contributed by atoms with Crippen LogP contribution in [-0.4, -0.2) is 14.8 Å². The van der Waals surface area contributed by atoms with E-state index in [4.69, 9.17) is 28.9 Å².